The summed E-state index contributed by atoms with van der Waals surface area (Å²) in [5.41, 5.74) is 2.24. The number of aryl methyl sites for hydroxylation is 1. The summed E-state index contributed by atoms with van der Waals surface area (Å²) in [5, 5.41) is 7.07. The molecule has 4 rings (SSSR count). The molecular weight excluding hydrogens is 487 g/mol. The minimum Gasteiger partial charge on any atom is -0.457 e. The van der Waals surface area contributed by atoms with Gasteiger partial charge in [-0.05, 0) is 50.3 Å². The fraction of sp³-hybridized carbons (Fsp3) is 0.458. The minimum absolute atomic E-state index is 0. The van der Waals surface area contributed by atoms with Crippen molar-refractivity contribution < 1.29 is 4.74 Å². The molecule has 0 spiro atoms. The molecule has 6 heteroatoms. The van der Waals surface area contributed by atoms with Crippen LogP contribution in [0.1, 0.15) is 36.8 Å². The Balaban J connectivity index is 0.00000256. The summed E-state index contributed by atoms with van der Waals surface area (Å²) in [5.74, 6) is 2.63. The van der Waals surface area contributed by atoms with E-state index >= 15 is 0 Å². The van der Waals surface area contributed by atoms with E-state index < -0.39 is 0 Å². The fourth-order valence-electron chi connectivity index (χ4n) is 3.95. The molecule has 0 amide bonds. The molecule has 0 radical (unpaired) electrons. The van der Waals surface area contributed by atoms with Gasteiger partial charge < -0.3 is 20.3 Å². The molecule has 2 fully saturated rings. The Bertz CT molecular complexity index is 845. The van der Waals surface area contributed by atoms with Crippen LogP contribution in [0.4, 0.5) is 0 Å². The Labute approximate surface area is 197 Å². The maximum atomic E-state index is 6.19. The minimum atomic E-state index is 0. The molecule has 0 aromatic heterocycles. The Morgan fingerprint density at radius 1 is 1.00 bits per heavy atom. The number of likely N-dealkylation sites (tertiary alicyclic amines) is 1. The van der Waals surface area contributed by atoms with E-state index in [1.165, 1.54) is 38.8 Å². The maximum Gasteiger partial charge on any atom is 0.191 e. The van der Waals surface area contributed by atoms with Gasteiger partial charge in [0.25, 0.3) is 0 Å². The fourth-order valence-corrected chi connectivity index (χ4v) is 3.95. The standard InChI is InChI=1S/C24H32N4O.HI/c1-18-7-3-5-9-22(18)29-23-10-6-4-8-19(23)17-26-24(25-2)27-20-13-15-28(16-14-20)21-11-12-21;/h3-10,20-21H,11-17H2,1-2H3,(H2,25,26,27);1H. The van der Waals surface area contributed by atoms with Crippen molar-refractivity contribution in [3.8, 4) is 11.5 Å². The number of rotatable bonds is 6. The summed E-state index contributed by atoms with van der Waals surface area (Å²) in [4.78, 5) is 7.08. The highest BCUT2D eigenvalue weighted by Gasteiger charge is 2.31. The number of guanidine groups is 1. The lowest BCUT2D eigenvalue weighted by atomic mass is 10.1. The number of hydrogen-bond acceptors (Lipinski definition) is 3. The molecule has 30 heavy (non-hydrogen) atoms. The van der Waals surface area contributed by atoms with Gasteiger partial charge in [0.2, 0.25) is 0 Å². The first kappa shape index (κ1) is 22.9. The monoisotopic (exact) mass is 520 g/mol. The Morgan fingerprint density at radius 2 is 1.67 bits per heavy atom. The number of para-hydroxylation sites is 2. The lowest BCUT2D eigenvalue weighted by Gasteiger charge is -2.33. The number of nitrogens with one attached hydrogen (secondary N) is 2. The molecule has 0 unspecified atom stereocenters. The van der Waals surface area contributed by atoms with Crippen LogP contribution < -0.4 is 15.4 Å². The molecule has 1 saturated heterocycles. The van der Waals surface area contributed by atoms with Crippen LogP contribution in [0.3, 0.4) is 0 Å². The van der Waals surface area contributed by atoms with E-state index in [1.54, 1.807) is 0 Å². The van der Waals surface area contributed by atoms with Crippen molar-refractivity contribution >= 4 is 29.9 Å². The molecule has 2 N–H and O–H groups in total. The van der Waals surface area contributed by atoms with Crippen molar-refractivity contribution in [1.82, 2.24) is 15.5 Å². The van der Waals surface area contributed by atoms with Gasteiger partial charge in [-0.15, -0.1) is 24.0 Å². The van der Waals surface area contributed by atoms with E-state index in [4.69, 9.17) is 4.74 Å². The number of piperidine rings is 1. The van der Waals surface area contributed by atoms with Gasteiger partial charge in [-0.2, -0.15) is 0 Å². The third-order valence-electron chi connectivity index (χ3n) is 5.89. The van der Waals surface area contributed by atoms with Gasteiger partial charge in [0.1, 0.15) is 11.5 Å². The van der Waals surface area contributed by atoms with Crippen molar-refractivity contribution in [1.29, 1.82) is 0 Å². The van der Waals surface area contributed by atoms with Crippen LogP contribution in [0, 0.1) is 6.92 Å². The molecule has 2 aromatic rings. The van der Waals surface area contributed by atoms with E-state index in [1.807, 2.05) is 43.4 Å². The van der Waals surface area contributed by atoms with Crippen LogP contribution >= 0.6 is 24.0 Å². The zero-order valence-corrected chi connectivity index (χ0v) is 20.3. The molecule has 162 valence electrons. The average Bonchev–Trinajstić information content (AvgIpc) is 3.59. The second kappa shape index (κ2) is 11.0. The summed E-state index contributed by atoms with van der Waals surface area (Å²) in [7, 11) is 1.84. The van der Waals surface area contributed by atoms with Gasteiger partial charge >= 0.3 is 0 Å². The van der Waals surface area contributed by atoms with E-state index in [0.29, 0.717) is 12.6 Å². The normalized spacial score (nSPS) is 17.9. The number of aliphatic imine (C=N–C) groups is 1. The molecule has 2 aromatic carbocycles. The van der Waals surface area contributed by atoms with Gasteiger partial charge in [0.15, 0.2) is 5.96 Å². The van der Waals surface area contributed by atoms with Crippen molar-refractivity contribution in [2.24, 2.45) is 4.99 Å². The first-order valence-corrected chi connectivity index (χ1v) is 10.8. The van der Waals surface area contributed by atoms with Gasteiger partial charge in [-0.1, -0.05) is 36.4 Å². The van der Waals surface area contributed by atoms with Crippen LogP contribution in [-0.4, -0.2) is 43.1 Å². The maximum absolute atomic E-state index is 6.19. The molecule has 1 aliphatic heterocycles. The summed E-state index contributed by atoms with van der Waals surface area (Å²) in [6, 6.07) is 17.7. The first-order valence-electron chi connectivity index (χ1n) is 10.8. The average molecular weight is 520 g/mol. The Kier molecular flexibility index (Phi) is 8.39. The third-order valence-corrected chi connectivity index (χ3v) is 5.89. The molecular formula is C24H33IN4O. The summed E-state index contributed by atoms with van der Waals surface area (Å²) >= 11 is 0. The SMILES string of the molecule is CN=C(NCc1ccccc1Oc1ccccc1C)NC1CCN(C2CC2)CC1.I. The van der Waals surface area contributed by atoms with Gasteiger partial charge in [-0.3, -0.25) is 4.99 Å². The largest absolute Gasteiger partial charge is 0.457 e. The molecule has 2 aliphatic rings. The number of nitrogens with zero attached hydrogens (tertiary/aromatic N) is 2. The van der Waals surface area contributed by atoms with Crippen molar-refractivity contribution in [3.05, 3.63) is 59.7 Å². The van der Waals surface area contributed by atoms with Crippen LogP contribution in [0.2, 0.25) is 0 Å². The Morgan fingerprint density at radius 3 is 2.33 bits per heavy atom. The highest BCUT2D eigenvalue weighted by Crippen LogP contribution is 2.29. The van der Waals surface area contributed by atoms with Gasteiger partial charge in [-0.25, -0.2) is 0 Å². The van der Waals surface area contributed by atoms with Gasteiger partial charge in [0, 0.05) is 44.3 Å². The number of ether oxygens (including phenoxy) is 1. The summed E-state index contributed by atoms with van der Waals surface area (Å²) in [6.45, 7) is 5.14. The highest BCUT2D eigenvalue weighted by atomic mass is 127. The number of hydrogen-bond donors (Lipinski definition) is 2. The lowest BCUT2D eigenvalue weighted by Crippen LogP contribution is -2.48. The quantitative estimate of drug-likeness (QED) is 0.330. The van der Waals surface area contributed by atoms with Crippen LogP contribution in [0.5, 0.6) is 11.5 Å². The predicted octanol–water partition coefficient (Wildman–Crippen LogP) is 4.70. The first-order chi connectivity index (χ1) is 14.2. The van der Waals surface area contributed by atoms with Crippen molar-refractivity contribution in [3.63, 3.8) is 0 Å². The summed E-state index contributed by atoms with van der Waals surface area (Å²) < 4.78 is 6.19. The smallest absolute Gasteiger partial charge is 0.191 e. The van der Waals surface area contributed by atoms with E-state index in [2.05, 4.69) is 39.6 Å². The lowest BCUT2D eigenvalue weighted by molar-refractivity contribution is 0.197. The molecule has 1 heterocycles. The van der Waals surface area contributed by atoms with Crippen molar-refractivity contribution in [2.45, 2.75) is 51.2 Å². The predicted molar refractivity (Wildman–Crippen MR) is 134 cm³/mol. The zero-order valence-electron chi connectivity index (χ0n) is 17.9. The van der Waals surface area contributed by atoms with E-state index in [9.17, 15) is 0 Å². The highest BCUT2D eigenvalue weighted by molar-refractivity contribution is 14.0. The molecule has 1 saturated carbocycles. The third kappa shape index (κ3) is 6.11. The summed E-state index contributed by atoms with van der Waals surface area (Å²) in [6.07, 6.45) is 5.16. The Hall–Kier alpha value is -1.80. The number of halogens is 1. The number of benzene rings is 2. The molecule has 0 atom stereocenters. The molecule has 5 nitrogen and oxygen atoms in total. The van der Waals surface area contributed by atoms with Crippen LogP contribution in [0.25, 0.3) is 0 Å². The van der Waals surface area contributed by atoms with Crippen LogP contribution in [0.15, 0.2) is 53.5 Å². The molecule has 1 aliphatic carbocycles. The van der Waals surface area contributed by atoms with Crippen LogP contribution in [-0.2, 0) is 6.54 Å². The van der Waals surface area contributed by atoms with Gasteiger partial charge in [0.05, 0.1) is 0 Å². The zero-order chi connectivity index (χ0) is 20.1. The van der Waals surface area contributed by atoms with Crippen molar-refractivity contribution in [2.75, 3.05) is 20.1 Å². The second-order valence-electron chi connectivity index (χ2n) is 8.09. The van der Waals surface area contributed by atoms with E-state index in [0.717, 1.165) is 34.6 Å². The molecule has 0 bridgehead atoms. The second-order valence-corrected chi connectivity index (χ2v) is 8.09. The van der Waals surface area contributed by atoms with E-state index in [-0.39, 0.29) is 24.0 Å². The topological polar surface area (TPSA) is 48.9 Å².